The first-order chi connectivity index (χ1) is 6.18. The van der Waals surface area contributed by atoms with Crippen molar-refractivity contribution in [1.29, 1.82) is 0 Å². The molecular formula is C12H15N. The van der Waals surface area contributed by atoms with Gasteiger partial charge in [0.05, 0.1) is 0 Å². The van der Waals surface area contributed by atoms with E-state index in [-0.39, 0.29) is 5.54 Å². The topological polar surface area (TPSA) is 26.0 Å². The molecule has 0 saturated heterocycles. The van der Waals surface area contributed by atoms with Gasteiger partial charge in [-0.2, -0.15) is 0 Å². The quantitative estimate of drug-likeness (QED) is 0.730. The van der Waals surface area contributed by atoms with Crippen LogP contribution in [0.3, 0.4) is 0 Å². The minimum Gasteiger partial charge on any atom is -0.325 e. The molecule has 1 aliphatic rings. The van der Waals surface area contributed by atoms with Crippen molar-refractivity contribution in [3.05, 3.63) is 42.0 Å². The summed E-state index contributed by atoms with van der Waals surface area (Å²) in [7, 11) is 0. The van der Waals surface area contributed by atoms with Crippen molar-refractivity contribution < 1.29 is 0 Å². The summed E-state index contributed by atoms with van der Waals surface area (Å²) in [5, 5.41) is 0. The Morgan fingerprint density at radius 1 is 1.38 bits per heavy atom. The molecule has 0 spiro atoms. The predicted octanol–water partition coefficient (Wildman–Crippen LogP) is 2.44. The van der Waals surface area contributed by atoms with Crippen molar-refractivity contribution >= 4 is 6.08 Å². The summed E-state index contributed by atoms with van der Waals surface area (Å²) in [5.74, 6) is 0.577. The molecule has 0 radical (unpaired) electrons. The van der Waals surface area contributed by atoms with E-state index in [1.54, 1.807) is 0 Å². The van der Waals surface area contributed by atoms with E-state index >= 15 is 0 Å². The molecule has 0 amide bonds. The van der Waals surface area contributed by atoms with Gasteiger partial charge in [-0.3, -0.25) is 0 Å². The van der Waals surface area contributed by atoms with Crippen LogP contribution in [0.4, 0.5) is 0 Å². The molecule has 13 heavy (non-hydrogen) atoms. The Bertz CT molecular complexity index is 311. The maximum Gasteiger partial charge on any atom is 0.0196 e. The van der Waals surface area contributed by atoms with Gasteiger partial charge in [0.25, 0.3) is 0 Å². The second kappa shape index (κ2) is 3.00. The molecule has 2 unspecified atom stereocenters. The lowest BCUT2D eigenvalue weighted by Gasteiger charge is -1.97. The van der Waals surface area contributed by atoms with Crippen molar-refractivity contribution in [2.24, 2.45) is 11.7 Å². The highest BCUT2D eigenvalue weighted by atomic mass is 14.8. The fourth-order valence-electron chi connectivity index (χ4n) is 1.49. The van der Waals surface area contributed by atoms with Crippen molar-refractivity contribution in [1.82, 2.24) is 0 Å². The van der Waals surface area contributed by atoms with Gasteiger partial charge in [-0.1, -0.05) is 42.5 Å². The normalized spacial score (nSPS) is 32.3. The zero-order chi connectivity index (χ0) is 9.31. The minimum absolute atomic E-state index is 0.0608. The van der Waals surface area contributed by atoms with Crippen LogP contribution >= 0.6 is 0 Å². The fraction of sp³-hybridized carbons (Fsp3) is 0.333. The summed E-state index contributed by atoms with van der Waals surface area (Å²) in [4.78, 5) is 0. The first kappa shape index (κ1) is 8.52. The third-order valence-electron chi connectivity index (χ3n) is 2.67. The lowest BCUT2D eigenvalue weighted by molar-refractivity contribution is 0.717. The van der Waals surface area contributed by atoms with Crippen LogP contribution in [0.2, 0.25) is 0 Å². The molecule has 0 aliphatic heterocycles. The second-order valence-corrected chi connectivity index (χ2v) is 4.09. The molecule has 1 heteroatoms. The number of rotatable bonds is 2. The molecule has 1 saturated carbocycles. The molecule has 1 aromatic rings. The lowest BCUT2D eigenvalue weighted by atomic mass is 10.1. The van der Waals surface area contributed by atoms with Gasteiger partial charge in [0.2, 0.25) is 0 Å². The van der Waals surface area contributed by atoms with Crippen molar-refractivity contribution in [3.8, 4) is 0 Å². The molecule has 68 valence electrons. The van der Waals surface area contributed by atoms with Crippen LogP contribution in [0.15, 0.2) is 36.4 Å². The van der Waals surface area contributed by atoms with Gasteiger partial charge in [0, 0.05) is 5.54 Å². The SMILES string of the molecule is CC1(N)CC1C=Cc1ccccc1. The van der Waals surface area contributed by atoms with E-state index in [2.05, 4.69) is 31.2 Å². The van der Waals surface area contributed by atoms with Crippen molar-refractivity contribution in [3.63, 3.8) is 0 Å². The third kappa shape index (κ3) is 1.99. The zero-order valence-corrected chi connectivity index (χ0v) is 7.90. The Balaban J connectivity index is 2.00. The zero-order valence-electron chi connectivity index (χ0n) is 7.90. The van der Waals surface area contributed by atoms with Gasteiger partial charge in [-0.25, -0.2) is 0 Å². The number of nitrogens with two attached hydrogens (primary N) is 1. The third-order valence-corrected chi connectivity index (χ3v) is 2.67. The molecule has 0 heterocycles. The molecule has 0 bridgehead atoms. The van der Waals surface area contributed by atoms with E-state index < -0.39 is 0 Å². The van der Waals surface area contributed by atoms with E-state index in [4.69, 9.17) is 5.73 Å². The van der Waals surface area contributed by atoms with Crippen LogP contribution in [0.1, 0.15) is 18.9 Å². The Morgan fingerprint density at radius 2 is 2.00 bits per heavy atom. The van der Waals surface area contributed by atoms with Crippen LogP contribution < -0.4 is 5.73 Å². The minimum atomic E-state index is 0.0608. The van der Waals surface area contributed by atoms with Gasteiger partial charge in [-0.15, -0.1) is 0 Å². The van der Waals surface area contributed by atoms with Gasteiger partial charge in [0.1, 0.15) is 0 Å². The molecule has 2 atom stereocenters. The van der Waals surface area contributed by atoms with Crippen LogP contribution in [0.25, 0.3) is 6.08 Å². The molecule has 1 aromatic carbocycles. The molecule has 0 aromatic heterocycles. The molecule has 1 fully saturated rings. The summed E-state index contributed by atoms with van der Waals surface area (Å²) >= 11 is 0. The van der Waals surface area contributed by atoms with E-state index in [0.29, 0.717) is 5.92 Å². The Hall–Kier alpha value is -1.08. The molecule has 1 nitrogen and oxygen atoms in total. The number of hydrogen-bond donors (Lipinski definition) is 1. The highest BCUT2D eigenvalue weighted by Gasteiger charge is 2.44. The fourth-order valence-corrected chi connectivity index (χ4v) is 1.49. The summed E-state index contributed by atoms with van der Waals surface area (Å²) < 4.78 is 0. The van der Waals surface area contributed by atoms with Gasteiger partial charge < -0.3 is 5.73 Å². The second-order valence-electron chi connectivity index (χ2n) is 4.09. The Labute approximate surface area is 79.3 Å². The smallest absolute Gasteiger partial charge is 0.0196 e. The Kier molecular flexibility index (Phi) is 1.97. The highest BCUT2D eigenvalue weighted by Crippen LogP contribution is 2.41. The van der Waals surface area contributed by atoms with Crippen molar-refractivity contribution in [2.45, 2.75) is 18.9 Å². The average molecular weight is 173 g/mol. The van der Waals surface area contributed by atoms with Gasteiger partial charge in [-0.05, 0) is 24.8 Å². The standard InChI is InChI=1S/C12H15N/c1-12(13)9-11(12)8-7-10-5-3-2-4-6-10/h2-8,11H,9,13H2,1H3. The highest BCUT2D eigenvalue weighted by molar-refractivity contribution is 5.50. The summed E-state index contributed by atoms with van der Waals surface area (Å²) in [6.07, 6.45) is 5.49. The summed E-state index contributed by atoms with van der Waals surface area (Å²) in [5.41, 5.74) is 7.24. The van der Waals surface area contributed by atoms with Gasteiger partial charge >= 0.3 is 0 Å². The van der Waals surface area contributed by atoms with Crippen molar-refractivity contribution in [2.75, 3.05) is 0 Å². The lowest BCUT2D eigenvalue weighted by Crippen LogP contribution is -2.18. The van der Waals surface area contributed by atoms with E-state index in [0.717, 1.165) is 6.42 Å². The molecular weight excluding hydrogens is 158 g/mol. The van der Waals surface area contributed by atoms with Gasteiger partial charge in [0.15, 0.2) is 0 Å². The first-order valence-corrected chi connectivity index (χ1v) is 4.71. The predicted molar refractivity (Wildman–Crippen MR) is 56.2 cm³/mol. The van der Waals surface area contributed by atoms with E-state index in [1.165, 1.54) is 5.56 Å². The van der Waals surface area contributed by atoms with Crippen LogP contribution in [-0.4, -0.2) is 5.54 Å². The largest absolute Gasteiger partial charge is 0.325 e. The summed E-state index contributed by atoms with van der Waals surface area (Å²) in [6, 6.07) is 10.3. The van der Waals surface area contributed by atoms with E-state index in [1.807, 2.05) is 18.2 Å². The number of benzene rings is 1. The monoisotopic (exact) mass is 173 g/mol. The van der Waals surface area contributed by atoms with Crippen LogP contribution in [0, 0.1) is 5.92 Å². The Morgan fingerprint density at radius 3 is 2.54 bits per heavy atom. The van der Waals surface area contributed by atoms with Crippen LogP contribution in [0.5, 0.6) is 0 Å². The van der Waals surface area contributed by atoms with E-state index in [9.17, 15) is 0 Å². The molecule has 1 aliphatic carbocycles. The van der Waals surface area contributed by atoms with Crippen LogP contribution in [-0.2, 0) is 0 Å². The first-order valence-electron chi connectivity index (χ1n) is 4.71. The number of hydrogen-bond acceptors (Lipinski definition) is 1. The summed E-state index contributed by atoms with van der Waals surface area (Å²) in [6.45, 7) is 2.10. The molecule has 2 N–H and O–H groups in total. The maximum absolute atomic E-state index is 5.92. The average Bonchev–Trinajstić information content (AvgIpc) is 2.73. The maximum atomic E-state index is 5.92. The molecule has 2 rings (SSSR count).